The van der Waals surface area contributed by atoms with Crippen molar-refractivity contribution in [2.45, 2.75) is 84.0 Å². The lowest BCUT2D eigenvalue weighted by Crippen LogP contribution is -1.93. The van der Waals surface area contributed by atoms with Crippen LogP contribution in [-0.4, -0.2) is 16.9 Å². The van der Waals surface area contributed by atoms with Gasteiger partial charge in [0.15, 0.2) is 5.78 Å². The highest BCUT2D eigenvalue weighted by atomic mass is 16.4. The maximum absolute atomic E-state index is 11.4. The Hall–Kier alpha value is -1.12. The normalized spacial score (nSPS) is 11.1. The Morgan fingerprint density at radius 3 is 2.10 bits per heavy atom. The van der Waals surface area contributed by atoms with Gasteiger partial charge in [-0.05, 0) is 31.8 Å². The van der Waals surface area contributed by atoms with Gasteiger partial charge in [0.1, 0.15) is 0 Å². The van der Waals surface area contributed by atoms with Crippen LogP contribution in [0.3, 0.4) is 0 Å². The zero-order valence-electron chi connectivity index (χ0n) is 12.9. The fraction of sp³-hybridized carbons (Fsp3) is 0.765. The zero-order valence-corrected chi connectivity index (χ0v) is 12.9. The van der Waals surface area contributed by atoms with Gasteiger partial charge in [-0.3, -0.25) is 9.59 Å². The van der Waals surface area contributed by atoms with E-state index < -0.39 is 5.97 Å². The molecule has 0 aromatic carbocycles. The van der Waals surface area contributed by atoms with E-state index in [0.717, 1.165) is 57.8 Å². The van der Waals surface area contributed by atoms with Crippen molar-refractivity contribution in [1.82, 2.24) is 0 Å². The summed E-state index contributed by atoms with van der Waals surface area (Å²) < 4.78 is 0. The van der Waals surface area contributed by atoms with Crippen LogP contribution in [-0.2, 0) is 9.59 Å². The molecule has 0 atom stereocenters. The molecule has 0 saturated carbocycles. The van der Waals surface area contributed by atoms with Crippen molar-refractivity contribution in [2.24, 2.45) is 0 Å². The first-order valence-corrected chi connectivity index (χ1v) is 8.08. The van der Waals surface area contributed by atoms with Crippen LogP contribution in [0.1, 0.15) is 84.0 Å². The fourth-order valence-electron chi connectivity index (χ4n) is 2.09. The predicted octanol–water partition coefficient (Wildman–Crippen LogP) is 4.90. The Morgan fingerprint density at radius 1 is 0.850 bits per heavy atom. The van der Waals surface area contributed by atoms with E-state index in [1.807, 2.05) is 6.08 Å². The maximum Gasteiger partial charge on any atom is 0.303 e. The Balaban J connectivity index is 3.26. The van der Waals surface area contributed by atoms with Gasteiger partial charge in [0.25, 0.3) is 0 Å². The molecule has 20 heavy (non-hydrogen) atoms. The number of hydrogen-bond donors (Lipinski definition) is 1. The molecule has 0 amide bonds. The number of unbranched alkanes of at least 4 members (excludes halogenated alkanes) is 8. The summed E-state index contributed by atoms with van der Waals surface area (Å²) in [5.41, 5.74) is 0. The zero-order chi connectivity index (χ0) is 15.1. The molecule has 3 heteroatoms. The monoisotopic (exact) mass is 282 g/mol. The number of carboxylic acids is 1. The van der Waals surface area contributed by atoms with Gasteiger partial charge in [-0.25, -0.2) is 0 Å². The topological polar surface area (TPSA) is 54.4 Å². The number of hydrogen-bond acceptors (Lipinski definition) is 2. The standard InChI is InChI=1S/C17H30O3/c1-2-3-10-13-16(18)14-11-8-6-4-5-7-9-12-15-17(19)20/h11,14H,2-10,12-13,15H2,1H3,(H,19,20)/b14-11+. The van der Waals surface area contributed by atoms with E-state index >= 15 is 0 Å². The van der Waals surface area contributed by atoms with Gasteiger partial charge in [0.2, 0.25) is 0 Å². The van der Waals surface area contributed by atoms with Gasteiger partial charge >= 0.3 is 5.97 Å². The van der Waals surface area contributed by atoms with Gasteiger partial charge in [0.05, 0.1) is 0 Å². The van der Waals surface area contributed by atoms with Crippen molar-refractivity contribution >= 4 is 11.8 Å². The van der Waals surface area contributed by atoms with Crippen molar-refractivity contribution in [1.29, 1.82) is 0 Å². The highest BCUT2D eigenvalue weighted by Gasteiger charge is 1.97. The summed E-state index contributed by atoms with van der Waals surface area (Å²) >= 11 is 0. The van der Waals surface area contributed by atoms with E-state index in [4.69, 9.17) is 5.11 Å². The summed E-state index contributed by atoms with van der Waals surface area (Å²) in [6, 6.07) is 0. The van der Waals surface area contributed by atoms with Crippen molar-refractivity contribution in [3.63, 3.8) is 0 Å². The summed E-state index contributed by atoms with van der Waals surface area (Å²) in [4.78, 5) is 21.8. The van der Waals surface area contributed by atoms with Crippen LogP contribution >= 0.6 is 0 Å². The molecule has 0 aliphatic carbocycles. The number of carboxylic acid groups (broad SMARTS) is 1. The molecule has 0 heterocycles. The average Bonchev–Trinajstić information content (AvgIpc) is 2.41. The van der Waals surface area contributed by atoms with Crippen LogP contribution < -0.4 is 0 Å². The SMILES string of the molecule is CCCCCC(=O)/C=C/CCCCCCCCC(=O)O. The molecule has 1 N–H and O–H groups in total. The van der Waals surface area contributed by atoms with Gasteiger partial charge in [-0.15, -0.1) is 0 Å². The number of ketones is 1. The minimum atomic E-state index is -0.696. The predicted molar refractivity (Wildman–Crippen MR) is 82.9 cm³/mol. The van der Waals surface area contributed by atoms with Gasteiger partial charge in [0, 0.05) is 12.8 Å². The number of carbonyl (C=O) groups is 2. The number of rotatable bonds is 14. The number of carbonyl (C=O) groups excluding carboxylic acids is 1. The Morgan fingerprint density at radius 2 is 1.45 bits per heavy atom. The first-order valence-electron chi connectivity index (χ1n) is 8.08. The lowest BCUT2D eigenvalue weighted by atomic mass is 10.1. The first kappa shape index (κ1) is 18.9. The summed E-state index contributed by atoms with van der Waals surface area (Å²) in [5.74, 6) is -0.439. The van der Waals surface area contributed by atoms with Crippen molar-refractivity contribution in [2.75, 3.05) is 0 Å². The number of aliphatic carboxylic acids is 1. The van der Waals surface area contributed by atoms with Gasteiger partial charge in [-0.2, -0.15) is 0 Å². The lowest BCUT2D eigenvalue weighted by molar-refractivity contribution is -0.137. The molecule has 0 aromatic heterocycles. The van der Waals surface area contributed by atoms with Crippen LogP contribution in [0.2, 0.25) is 0 Å². The molecule has 0 bridgehead atoms. The molecular formula is C17H30O3. The van der Waals surface area contributed by atoms with E-state index in [9.17, 15) is 9.59 Å². The summed E-state index contributed by atoms with van der Waals surface area (Å²) in [6.45, 7) is 2.14. The van der Waals surface area contributed by atoms with Gasteiger partial charge < -0.3 is 5.11 Å². The first-order chi connectivity index (χ1) is 9.66. The highest BCUT2D eigenvalue weighted by Crippen LogP contribution is 2.09. The molecule has 116 valence electrons. The molecule has 0 aliphatic rings. The molecule has 0 unspecified atom stereocenters. The average molecular weight is 282 g/mol. The minimum Gasteiger partial charge on any atom is -0.481 e. The van der Waals surface area contributed by atoms with Crippen molar-refractivity contribution < 1.29 is 14.7 Å². The Labute approximate surface area is 123 Å². The third kappa shape index (κ3) is 14.9. The molecular weight excluding hydrogens is 252 g/mol. The summed E-state index contributed by atoms with van der Waals surface area (Å²) in [7, 11) is 0. The van der Waals surface area contributed by atoms with Gasteiger partial charge in [-0.1, -0.05) is 51.5 Å². The highest BCUT2D eigenvalue weighted by molar-refractivity contribution is 5.89. The molecule has 0 radical (unpaired) electrons. The second-order valence-corrected chi connectivity index (χ2v) is 5.38. The molecule has 0 fully saturated rings. The smallest absolute Gasteiger partial charge is 0.303 e. The summed E-state index contributed by atoms with van der Waals surface area (Å²) in [5, 5.41) is 8.49. The molecule has 0 rings (SSSR count). The maximum atomic E-state index is 11.4. The van der Waals surface area contributed by atoms with E-state index in [1.165, 1.54) is 6.42 Å². The second-order valence-electron chi connectivity index (χ2n) is 5.38. The number of allylic oxidation sites excluding steroid dienone is 2. The van der Waals surface area contributed by atoms with E-state index in [2.05, 4.69) is 6.92 Å². The lowest BCUT2D eigenvalue weighted by Gasteiger charge is -1.99. The van der Waals surface area contributed by atoms with Crippen LogP contribution in [0, 0.1) is 0 Å². The molecule has 0 aromatic rings. The molecule has 0 spiro atoms. The summed E-state index contributed by atoms with van der Waals surface area (Å²) in [6.07, 6.45) is 15.4. The third-order valence-corrected chi connectivity index (χ3v) is 3.34. The van der Waals surface area contributed by atoms with E-state index in [1.54, 1.807) is 6.08 Å². The largest absolute Gasteiger partial charge is 0.481 e. The van der Waals surface area contributed by atoms with E-state index in [-0.39, 0.29) is 5.78 Å². The van der Waals surface area contributed by atoms with Crippen LogP contribution in [0.4, 0.5) is 0 Å². The van der Waals surface area contributed by atoms with Crippen LogP contribution in [0.25, 0.3) is 0 Å². The minimum absolute atomic E-state index is 0.257. The van der Waals surface area contributed by atoms with Crippen LogP contribution in [0.15, 0.2) is 12.2 Å². The molecule has 0 saturated heterocycles. The molecule has 0 aliphatic heterocycles. The second kappa shape index (κ2) is 14.3. The van der Waals surface area contributed by atoms with Crippen molar-refractivity contribution in [3.05, 3.63) is 12.2 Å². The van der Waals surface area contributed by atoms with E-state index in [0.29, 0.717) is 12.8 Å². The third-order valence-electron chi connectivity index (χ3n) is 3.34. The fourth-order valence-corrected chi connectivity index (χ4v) is 2.09. The Bertz CT molecular complexity index is 282. The van der Waals surface area contributed by atoms with Crippen LogP contribution in [0.5, 0.6) is 0 Å². The quantitative estimate of drug-likeness (QED) is 0.364. The van der Waals surface area contributed by atoms with Crippen molar-refractivity contribution in [3.8, 4) is 0 Å². The Kier molecular flexibility index (Phi) is 13.5. The molecule has 3 nitrogen and oxygen atoms in total.